The third kappa shape index (κ3) is 5.27. The number of nitrogens with one attached hydrogen (secondary N) is 1. The maximum Gasteiger partial charge on any atom is 0.277 e. The second-order valence-corrected chi connectivity index (χ2v) is 5.53. The quantitative estimate of drug-likeness (QED) is 0.630. The average Bonchev–Trinajstić information content (AvgIpc) is 2.56. The van der Waals surface area contributed by atoms with Gasteiger partial charge in [-0.15, -0.1) is 0 Å². The first-order chi connectivity index (χ1) is 11.1. The summed E-state index contributed by atoms with van der Waals surface area (Å²) in [6.07, 6.45) is 2.36. The molecule has 2 aromatic rings. The standard InChI is InChI=1S/C17H16Cl2N2O2/c1-2-12-6-8-13(9-7-12)23-11-17(22)21-20-10-14-15(18)4-3-5-16(14)19/h3-10H,2,11H2,1H3,(H,21,22)/b20-10+. The summed E-state index contributed by atoms with van der Waals surface area (Å²) in [5.41, 5.74) is 4.13. The minimum Gasteiger partial charge on any atom is -0.484 e. The highest BCUT2D eigenvalue weighted by Gasteiger charge is 2.04. The van der Waals surface area contributed by atoms with Gasteiger partial charge in [-0.05, 0) is 36.2 Å². The van der Waals surface area contributed by atoms with Crippen molar-refractivity contribution in [1.82, 2.24) is 5.43 Å². The van der Waals surface area contributed by atoms with Crippen LogP contribution >= 0.6 is 23.2 Å². The predicted octanol–water partition coefficient (Wildman–Crippen LogP) is 4.08. The van der Waals surface area contributed by atoms with Gasteiger partial charge >= 0.3 is 0 Å². The van der Waals surface area contributed by atoms with Crippen LogP contribution in [0.15, 0.2) is 47.6 Å². The topological polar surface area (TPSA) is 50.7 Å². The molecule has 0 aromatic heterocycles. The van der Waals surface area contributed by atoms with E-state index in [0.29, 0.717) is 21.4 Å². The van der Waals surface area contributed by atoms with E-state index >= 15 is 0 Å². The molecule has 6 heteroatoms. The lowest BCUT2D eigenvalue weighted by atomic mass is 10.2. The molecule has 23 heavy (non-hydrogen) atoms. The highest BCUT2D eigenvalue weighted by atomic mass is 35.5. The molecule has 0 aliphatic rings. The largest absolute Gasteiger partial charge is 0.484 e. The molecule has 0 radical (unpaired) electrons. The number of carbonyl (C=O) groups is 1. The molecule has 0 saturated carbocycles. The Bertz CT molecular complexity index is 680. The van der Waals surface area contributed by atoms with Crippen LogP contribution in [-0.4, -0.2) is 18.7 Å². The Labute approximate surface area is 145 Å². The molecule has 120 valence electrons. The Morgan fingerprint density at radius 2 is 1.83 bits per heavy atom. The number of amides is 1. The van der Waals surface area contributed by atoms with Gasteiger partial charge in [0.05, 0.1) is 16.3 Å². The number of rotatable bonds is 6. The monoisotopic (exact) mass is 350 g/mol. The SMILES string of the molecule is CCc1ccc(OCC(=O)N/N=C/c2c(Cl)cccc2Cl)cc1. The summed E-state index contributed by atoms with van der Waals surface area (Å²) in [5, 5.41) is 4.75. The summed E-state index contributed by atoms with van der Waals surface area (Å²) in [6, 6.07) is 12.7. The molecule has 0 aliphatic carbocycles. The van der Waals surface area contributed by atoms with Crippen molar-refractivity contribution in [2.24, 2.45) is 5.10 Å². The van der Waals surface area contributed by atoms with Crippen molar-refractivity contribution < 1.29 is 9.53 Å². The Balaban J connectivity index is 1.84. The summed E-state index contributed by atoms with van der Waals surface area (Å²) in [5.74, 6) is 0.263. The molecule has 1 amide bonds. The number of hydrogen-bond donors (Lipinski definition) is 1. The number of aryl methyl sites for hydroxylation is 1. The van der Waals surface area contributed by atoms with Crippen LogP contribution in [0.1, 0.15) is 18.1 Å². The fourth-order valence-corrected chi connectivity index (χ4v) is 2.30. The smallest absolute Gasteiger partial charge is 0.277 e. The fourth-order valence-electron chi connectivity index (χ4n) is 1.81. The van der Waals surface area contributed by atoms with E-state index in [-0.39, 0.29) is 12.5 Å². The zero-order valence-corrected chi connectivity index (χ0v) is 14.1. The lowest BCUT2D eigenvalue weighted by molar-refractivity contribution is -0.123. The lowest BCUT2D eigenvalue weighted by Crippen LogP contribution is -2.24. The lowest BCUT2D eigenvalue weighted by Gasteiger charge is -2.06. The molecule has 2 rings (SSSR count). The van der Waals surface area contributed by atoms with Crippen molar-refractivity contribution in [2.45, 2.75) is 13.3 Å². The first kappa shape index (κ1) is 17.3. The van der Waals surface area contributed by atoms with Crippen LogP contribution in [0, 0.1) is 0 Å². The maximum atomic E-state index is 11.7. The molecule has 0 spiro atoms. The predicted molar refractivity (Wildman–Crippen MR) is 93.5 cm³/mol. The second-order valence-electron chi connectivity index (χ2n) is 4.71. The van der Waals surface area contributed by atoms with Crippen LogP contribution in [0.25, 0.3) is 0 Å². The number of benzene rings is 2. The molecule has 0 aliphatic heterocycles. The summed E-state index contributed by atoms with van der Waals surface area (Å²) in [6.45, 7) is 1.95. The van der Waals surface area contributed by atoms with Crippen LogP contribution in [0.5, 0.6) is 5.75 Å². The van der Waals surface area contributed by atoms with Crippen molar-refractivity contribution in [3.63, 3.8) is 0 Å². The number of nitrogens with zero attached hydrogens (tertiary/aromatic N) is 1. The minimum atomic E-state index is -0.371. The van der Waals surface area contributed by atoms with Crippen molar-refractivity contribution in [3.05, 3.63) is 63.6 Å². The summed E-state index contributed by atoms with van der Waals surface area (Å²) >= 11 is 12.0. The Morgan fingerprint density at radius 1 is 1.17 bits per heavy atom. The second kappa shape index (κ2) is 8.56. The molecule has 4 nitrogen and oxygen atoms in total. The zero-order chi connectivity index (χ0) is 16.7. The molecule has 0 heterocycles. The van der Waals surface area contributed by atoms with Crippen LogP contribution in [0.4, 0.5) is 0 Å². The molecule has 0 unspecified atom stereocenters. The number of carbonyl (C=O) groups excluding carboxylic acids is 1. The maximum absolute atomic E-state index is 11.7. The van der Waals surface area contributed by atoms with Crippen molar-refractivity contribution in [2.75, 3.05) is 6.61 Å². The molecule has 0 fully saturated rings. The van der Waals surface area contributed by atoms with Gasteiger partial charge in [0.25, 0.3) is 5.91 Å². The molecule has 0 bridgehead atoms. The fraction of sp³-hybridized carbons (Fsp3) is 0.176. The first-order valence-corrected chi connectivity index (χ1v) is 7.83. The van der Waals surface area contributed by atoms with Gasteiger partial charge in [-0.3, -0.25) is 4.79 Å². The van der Waals surface area contributed by atoms with Gasteiger partial charge in [0, 0.05) is 5.56 Å². The molecule has 2 aromatic carbocycles. The molecule has 1 N–H and O–H groups in total. The van der Waals surface area contributed by atoms with Crippen molar-refractivity contribution >= 4 is 35.3 Å². The van der Waals surface area contributed by atoms with Crippen LogP contribution < -0.4 is 10.2 Å². The van der Waals surface area contributed by atoms with Crippen LogP contribution in [0.2, 0.25) is 10.0 Å². The van der Waals surface area contributed by atoms with E-state index in [2.05, 4.69) is 17.5 Å². The van der Waals surface area contributed by atoms with Gasteiger partial charge in [0.15, 0.2) is 6.61 Å². The Hall–Kier alpha value is -2.04. The highest BCUT2D eigenvalue weighted by molar-refractivity contribution is 6.38. The summed E-state index contributed by atoms with van der Waals surface area (Å²) in [7, 11) is 0. The van der Waals surface area contributed by atoms with E-state index in [1.807, 2.05) is 24.3 Å². The number of ether oxygens (including phenoxy) is 1. The third-order valence-electron chi connectivity index (χ3n) is 3.08. The van der Waals surface area contributed by atoms with E-state index < -0.39 is 0 Å². The molecular weight excluding hydrogens is 335 g/mol. The van der Waals surface area contributed by atoms with Crippen molar-refractivity contribution in [3.8, 4) is 5.75 Å². The van der Waals surface area contributed by atoms with E-state index in [1.54, 1.807) is 18.2 Å². The average molecular weight is 351 g/mol. The van der Waals surface area contributed by atoms with Crippen LogP contribution in [-0.2, 0) is 11.2 Å². The van der Waals surface area contributed by atoms with Gasteiger partial charge < -0.3 is 4.74 Å². The zero-order valence-electron chi connectivity index (χ0n) is 12.6. The van der Waals surface area contributed by atoms with Crippen molar-refractivity contribution in [1.29, 1.82) is 0 Å². The van der Waals surface area contributed by atoms with Gasteiger partial charge in [-0.25, -0.2) is 5.43 Å². The van der Waals surface area contributed by atoms with E-state index in [4.69, 9.17) is 27.9 Å². The van der Waals surface area contributed by atoms with E-state index in [9.17, 15) is 4.79 Å². The van der Waals surface area contributed by atoms with Gasteiger partial charge in [-0.1, -0.05) is 48.3 Å². The Kier molecular flexibility index (Phi) is 6.44. The third-order valence-corrected chi connectivity index (χ3v) is 3.74. The molecule has 0 atom stereocenters. The summed E-state index contributed by atoms with van der Waals surface area (Å²) in [4.78, 5) is 11.7. The number of hydrazone groups is 1. The van der Waals surface area contributed by atoms with Gasteiger partial charge in [0.1, 0.15) is 5.75 Å². The molecular formula is C17H16Cl2N2O2. The van der Waals surface area contributed by atoms with Crippen LogP contribution in [0.3, 0.4) is 0 Å². The first-order valence-electron chi connectivity index (χ1n) is 7.07. The van der Waals surface area contributed by atoms with Gasteiger partial charge in [0.2, 0.25) is 0 Å². The van der Waals surface area contributed by atoms with E-state index in [0.717, 1.165) is 6.42 Å². The number of hydrogen-bond acceptors (Lipinski definition) is 3. The summed E-state index contributed by atoms with van der Waals surface area (Å²) < 4.78 is 5.38. The number of halogens is 2. The minimum absolute atomic E-state index is 0.126. The Morgan fingerprint density at radius 3 is 2.43 bits per heavy atom. The highest BCUT2D eigenvalue weighted by Crippen LogP contribution is 2.21. The van der Waals surface area contributed by atoms with E-state index in [1.165, 1.54) is 11.8 Å². The normalized spacial score (nSPS) is 10.7. The molecule has 0 saturated heterocycles. The van der Waals surface area contributed by atoms with Gasteiger partial charge in [-0.2, -0.15) is 5.10 Å².